The normalized spacial score (nSPS) is 10.5. The lowest BCUT2D eigenvalue weighted by molar-refractivity contribution is 1.02. The van der Waals surface area contributed by atoms with Gasteiger partial charge in [0, 0.05) is 46.0 Å². The van der Waals surface area contributed by atoms with E-state index in [1.807, 2.05) is 0 Å². The zero-order valence-corrected chi connectivity index (χ0v) is 28.6. The van der Waals surface area contributed by atoms with Crippen molar-refractivity contribution in [2.75, 3.05) is 4.90 Å². The summed E-state index contributed by atoms with van der Waals surface area (Å²) in [5, 5.41) is 5.21. The zero-order valence-electron chi connectivity index (χ0n) is 28.6. The molecule has 1 aromatic heterocycles. The van der Waals surface area contributed by atoms with Gasteiger partial charge in [-0.05, 0) is 83.8 Å². The highest BCUT2D eigenvalue weighted by Crippen LogP contribution is 2.40. The van der Waals surface area contributed by atoms with Crippen molar-refractivity contribution >= 4 is 49.6 Å². The van der Waals surface area contributed by atoms with Crippen molar-refractivity contribution in [3.05, 3.63) is 200 Å². The highest BCUT2D eigenvalue weighted by Gasteiger charge is 2.16. The van der Waals surface area contributed by atoms with E-state index >= 15 is 0 Å². The summed E-state index contributed by atoms with van der Waals surface area (Å²) >= 11 is 0. The Labute approximate surface area is 290 Å². The van der Waals surface area contributed by atoms with Gasteiger partial charge < -0.3 is 9.47 Å². The van der Waals surface area contributed by atoms with Crippen molar-refractivity contribution in [1.29, 1.82) is 0 Å². The first-order valence-electron chi connectivity index (χ1n) is 16.7. The van der Waals surface area contributed by atoms with Crippen LogP contribution in [0.15, 0.2) is 189 Å². The molecule has 0 bridgehead atoms. The summed E-state index contributed by atoms with van der Waals surface area (Å²) < 4.78 is 2.35. The predicted octanol–water partition coefficient (Wildman–Crippen LogP) is 13.3. The van der Waals surface area contributed by atoms with Gasteiger partial charge >= 0.3 is 0 Å². The van der Waals surface area contributed by atoms with Crippen molar-refractivity contribution in [2.45, 2.75) is 13.8 Å². The Hall–Kier alpha value is -6.12. The Bertz CT molecular complexity index is 2260. The second kappa shape index (κ2) is 15.2. The number of para-hydroxylation sites is 3. The first kappa shape index (κ1) is 32.8. The van der Waals surface area contributed by atoms with Gasteiger partial charge in [0.05, 0.1) is 5.52 Å². The number of rotatable bonds is 5. The summed E-state index contributed by atoms with van der Waals surface area (Å²) in [6.45, 7) is 11.0. The predicted molar refractivity (Wildman–Crippen MR) is 214 cm³/mol. The van der Waals surface area contributed by atoms with E-state index in [1.54, 1.807) is 12.2 Å². The van der Waals surface area contributed by atoms with Gasteiger partial charge in [0.1, 0.15) is 0 Å². The van der Waals surface area contributed by atoms with Crippen LogP contribution in [0.25, 0.3) is 43.7 Å². The minimum atomic E-state index is 1.14. The smallest absolute Gasteiger partial charge is 0.0568 e. The highest BCUT2D eigenvalue weighted by atomic mass is 15.1. The standard InChI is InChI=1S/C35H26N2.C8H10.C4H6/c1-36-33-24-21-25-11-8-9-16-30(25)34(33)32-18-10-17-31(35(32)36)26-19-22-29(23-20-26)37(27-12-4-2-5-13-27)28-14-6-3-7-15-28;1-7-5-3-4-6-8(7)2;1-3-4-2/h2-24H,1H3;3-6H,1-2H3;3-4H,1-2H2. The summed E-state index contributed by atoms with van der Waals surface area (Å²) in [5.41, 5.74) is 11.1. The fraction of sp³-hybridized carbons (Fsp3) is 0.0638. The quantitative estimate of drug-likeness (QED) is 0.171. The monoisotopic (exact) mass is 634 g/mol. The molecule has 0 spiro atoms. The molecule has 7 aromatic carbocycles. The number of nitrogens with zero attached hydrogens (tertiary/aromatic N) is 2. The molecule has 0 saturated heterocycles. The maximum absolute atomic E-state index is 3.36. The van der Waals surface area contributed by atoms with Crippen LogP contribution in [0.5, 0.6) is 0 Å². The molecule has 0 saturated carbocycles. The molecule has 0 amide bonds. The van der Waals surface area contributed by atoms with Gasteiger partial charge in [0.15, 0.2) is 0 Å². The Morgan fingerprint density at radius 3 is 1.57 bits per heavy atom. The molecule has 0 fully saturated rings. The summed E-state index contributed by atoms with van der Waals surface area (Å²) in [6.07, 6.45) is 3.28. The van der Waals surface area contributed by atoms with Crippen LogP contribution >= 0.6 is 0 Å². The van der Waals surface area contributed by atoms with E-state index in [2.05, 4.69) is 207 Å². The number of fused-ring (bicyclic) bond motifs is 5. The van der Waals surface area contributed by atoms with Gasteiger partial charge in [0.25, 0.3) is 0 Å². The summed E-state index contributed by atoms with van der Waals surface area (Å²) in [5.74, 6) is 0. The Morgan fingerprint density at radius 2 is 1.00 bits per heavy atom. The molecule has 0 aliphatic heterocycles. The zero-order chi connectivity index (χ0) is 34.2. The van der Waals surface area contributed by atoms with Crippen molar-refractivity contribution in [3.8, 4) is 11.1 Å². The van der Waals surface area contributed by atoms with E-state index in [0.717, 1.165) is 17.1 Å². The number of allylic oxidation sites excluding steroid dienone is 2. The molecular formula is C47H42N2. The molecule has 49 heavy (non-hydrogen) atoms. The summed E-state index contributed by atoms with van der Waals surface area (Å²) in [4.78, 5) is 2.30. The Morgan fingerprint density at radius 1 is 0.490 bits per heavy atom. The van der Waals surface area contributed by atoms with Gasteiger partial charge in [-0.2, -0.15) is 0 Å². The van der Waals surface area contributed by atoms with Crippen LogP contribution in [0, 0.1) is 13.8 Å². The molecule has 2 heteroatoms. The fourth-order valence-electron chi connectivity index (χ4n) is 6.34. The average molecular weight is 635 g/mol. The average Bonchev–Trinajstić information content (AvgIpc) is 3.46. The molecule has 0 aliphatic carbocycles. The van der Waals surface area contributed by atoms with Crippen LogP contribution in [0.3, 0.4) is 0 Å². The SMILES string of the molecule is C=CC=C.Cc1ccccc1C.Cn1c2ccc3ccccc3c2c2cccc(-c3ccc(N(c4ccccc4)c4ccccc4)cc3)c21. The van der Waals surface area contributed by atoms with E-state index < -0.39 is 0 Å². The van der Waals surface area contributed by atoms with E-state index in [1.165, 1.54) is 54.8 Å². The first-order chi connectivity index (χ1) is 24.0. The molecule has 2 nitrogen and oxygen atoms in total. The molecule has 0 radical (unpaired) electrons. The summed E-state index contributed by atoms with van der Waals surface area (Å²) in [6, 6.07) is 58.2. The second-order valence-electron chi connectivity index (χ2n) is 12.1. The fourth-order valence-corrected chi connectivity index (χ4v) is 6.34. The van der Waals surface area contributed by atoms with Gasteiger partial charge in [-0.15, -0.1) is 0 Å². The molecule has 0 aliphatic rings. The van der Waals surface area contributed by atoms with E-state index in [9.17, 15) is 0 Å². The lowest BCUT2D eigenvalue weighted by Crippen LogP contribution is -2.09. The van der Waals surface area contributed by atoms with Crippen LogP contribution in [0.1, 0.15) is 11.1 Å². The third-order valence-electron chi connectivity index (χ3n) is 8.97. The van der Waals surface area contributed by atoms with Crippen LogP contribution in [0.4, 0.5) is 17.1 Å². The molecule has 0 unspecified atom stereocenters. The number of aryl methyl sites for hydroxylation is 3. The molecule has 0 atom stereocenters. The topological polar surface area (TPSA) is 8.17 Å². The summed E-state index contributed by atoms with van der Waals surface area (Å²) in [7, 11) is 2.18. The van der Waals surface area contributed by atoms with Gasteiger partial charge in [-0.1, -0.05) is 147 Å². The number of hydrogen-bond donors (Lipinski definition) is 0. The van der Waals surface area contributed by atoms with Crippen molar-refractivity contribution in [2.24, 2.45) is 7.05 Å². The molecular weight excluding hydrogens is 593 g/mol. The van der Waals surface area contributed by atoms with Crippen LogP contribution in [-0.2, 0) is 7.05 Å². The van der Waals surface area contributed by atoms with Crippen molar-refractivity contribution in [3.63, 3.8) is 0 Å². The van der Waals surface area contributed by atoms with Crippen LogP contribution in [-0.4, -0.2) is 4.57 Å². The number of hydrogen-bond acceptors (Lipinski definition) is 1. The van der Waals surface area contributed by atoms with Gasteiger partial charge in [0.2, 0.25) is 0 Å². The molecule has 8 aromatic rings. The Kier molecular flexibility index (Phi) is 10.2. The molecule has 8 rings (SSSR count). The third kappa shape index (κ3) is 6.95. The van der Waals surface area contributed by atoms with E-state index in [-0.39, 0.29) is 0 Å². The third-order valence-corrected chi connectivity index (χ3v) is 8.97. The maximum atomic E-state index is 3.36. The highest BCUT2D eigenvalue weighted by molar-refractivity contribution is 6.22. The minimum Gasteiger partial charge on any atom is -0.343 e. The van der Waals surface area contributed by atoms with Gasteiger partial charge in [-0.25, -0.2) is 0 Å². The van der Waals surface area contributed by atoms with Crippen LogP contribution < -0.4 is 4.90 Å². The van der Waals surface area contributed by atoms with Crippen molar-refractivity contribution in [1.82, 2.24) is 4.57 Å². The molecule has 240 valence electrons. The number of aromatic nitrogens is 1. The largest absolute Gasteiger partial charge is 0.343 e. The van der Waals surface area contributed by atoms with Crippen LogP contribution in [0.2, 0.25) is 0 Å². The van der Waals surface area contributed by atoms with E-state index in [0.29, 0.717) is 0 Å². The maximum Gasteiger partial charge on any atom is 0.0568 e. The lowest BCUT2D eigenvalue weighted by Gasteiger charge is -2.25. The lowest BCUT2D eigenvalue weighted by atomic mass is 9.99. The minimum absolute atomic E-state index is 1.14. The van der Waals surface area contributed by atoms with Gasteiger partial charge in [-0.3, -0.25) is 0 Å². The van der Waals surface area contributed by atoms with E-state index in [4.69, 9.17) is 0 Å². The number of benzene rings is 7. The molecule has 0 N–H and O–H groups in total. The second-order valence-corrected chi connectivity index (χ2v) is 12.1. The Balaban J connectivity index is 0.000000297. The van der Waals surface area contributed by atoms with Crippen molar-refractivity contribution < 1.29 is 0 Å². The molecule has 1 heterocycles. The first-order valence-corrected chi connectivity index (χ1v) is 16.7. The number of anilines is 3.